The van der Waals surface area contributed by atoms with Gasteiger partial charge in [-0.05, 0) is 35.9 Å². The Bertz CT molecular complexity index is 976. The van der Waals surface area contributed by atoms with E-state index >= 15 is 0 Å². The third-order valence-electron chi connectivity index (χ3n) is 4.18. The number of hydrogen-bond acceptors (Lipinski definition) is 3. The predicted molar refractivity (Wildman–Crippen MR) is 98.3 cm³/mol. The second kappa shape index (κ2) is 7.21. The van der Waals surface area contributed by atoms with Crippen LogP contribution in [-0.4, -0.2) is 24.1 Å². The highest BCUT2D eigenvalue weighted by atomic mass is 16.5. The molecule has 25 heavy (non-hydrogen) atoms. The normalized spacial score (nSPS) is 10.6. The van der Waals surface area contributed by atoms with Crippen molar-refractivity contribution in [3.63, 3.8) is 0 Å². The van der Waals surface area contributed by atoms with E-state index in [4.69, 9.17) is 4.74 Å². The van der Waals surface area contributed by atoms with Crippen molar-refractivity contribution in [2.75, 3.05) is 13.7 Å². The zero-order valence-electron chi connectivity index (χ0n) is 14.3. The molecule has 0 fully saturated rings. The lowest BCUT2D eigenvalue weighted by Crippen LogP contribution is -2.31. The Balaban J connectivity index is 1.67. The number of methoxy groups -OCH3 is 1. The molecule has 0 saturated carbocycles. The Hall–Kier alpha value is -3.08. The Labute approximate surface area is 145 Å². The minimum absolute atomic E-state index is 0.142. The SMILES string of the molecule is COc1cc(C)n(CCNC(=O)c2ccc3ccccc3c2)c(=O)c1. The van der Waals surface area contributed by atoms with E-state index in [2.05, 4.69) is 5.32 Å². The molecule has 1 N–H and O–H groups in total. The molecular formula is C20H20N2O3. The number of benzene rings is 2. The molecule has 5 heteroatoms. The van der Waals surface area contributed by atoms with E-state index in [1.54, 1.807) is 10.6 Å². The molecule has 3 rings (SSSR count). The molecule has 5 nitrogen and oxygen atoms in total. The minimum Gasteiger partial charge on any atom is -0.496 e. The van der Waals surface area contributed by atoms with E-state index in [0.717, 1.165) is 16.5 Å². The first-order valence-corrected chi connectivity index (χ1v) is 8.11. The van der Waals surface area contributed by atoms with Gasteiger partial charge < -0.3 is 14.6 Å². The third-order valence-corrected chi connectivity index (χ3v) is 4.18. The van der Waals surface area contributed by atoms with E-state index in [1.807, 2.05) is 49.4 Å². The van der Waals surface area contributed by atoms with E-state index in [0.29, 0.717) is 24.4 Å². The minimum atomic E-state index is -0.148. The van der Waals surface area contributed by atoms with Gasteiger partial charge in [-0.3, -0.25) is 9.59 Å². The van der Waals surface area contributed by atoms with Crippen molar-refractivity contribution >= 4 is 16.7 Å². The lowest BCUT2D eigenvalue weighted by Gasteiger charge is -2.12. The van der Waals surface area contributed by atoms with Crippen molar-refractivity contribution in [1.82, 2.24) is 9.88 Å². The summed E-state index contributed by atoms with van der Waals surface area (Å²) in [7, 11) is 1.53. The number of aromatic nitrogens is 1. The van der Waals surface area contributed by atoms with Crippen LogP contribution in [-0.2, 0) is 6.54 Å². The van der Waals surface area contributed by atoms with Crippen molar-refractivity contribution in [3.05, 3.63) is 76.2 Å². The largest absolute Gasteiger partial charge is 0.496 e. The zero-order chi connectivity index (χ0) is 17.8. The molecule has 0 atom stereocenters. The maximum absolute atomic E-state index is 12.3. The van der Waals surface area contributed by atoms with Gasteiger partial charge in [-0.15, -0.1) is 0 Å². The van der Waals surface area contributed by atoms with Gasteiger partial charge >= 0.3 is 0 Å². The number of rotatable bonds is 5. The molecule has 0 saturated heterocycles. The van der Waals surface area contributed by atoms with Crippen LogP contribution in [0, 0.1) is 6.92 Å². The summed E-state index contributed by atoms with van der Waals surface area (Å²) >= 11 is 0. The number of carbonyl (C=O) groups excluding carboxylic acids is 1. The maximum Gasteiger partial charge on any atom is 0.254 e. The average Bonchev–Trinajstić information content (AvgIpc) is 2.63. The van der Waals surface area contributed by atoms with E-state index in [-0.39, 0.29) is 11.5 Å². The smallest absolute Gasteiger partial charge is 0.254 e. The first kappa shape index (κ1) is 16.8. The number of aryl methyl sites for hydroxylation is 1. The molecule has 0 aliphatic heterocycles. The monoisotopic (exact) mass is 336 g/mol. The van der Waals surface area contributed by atoms with Crippen molar-refractivity contribution in [2.24, 2.45) is 0 Å². The molecule has 128 valence electrons. The summed E-state index contributed by atoms with van der Waals surface area (Å²) in [4.78, 5) is 24.4. The molecular weight excluding hydrogens is 316 g/mol. The number of nitrogens with zero attached hydrogens (tertiary/aromatic N) is 1. The average molecular weight is 336 g/mol. The van der Waals surface area contributed by atoms with Crippen LogP contribution in [0.2, 0.25) is 0 Å². The number of amides is 1. The van der Waals surface area contributed by atoms with Crippen molar-refractivity contribution in [3.8, 4) is 5.75 Å². The van der Waals surface area contributed by atoms with E-state index in [9.17, 15) is 9.59 Å². The fourth-order valence-electron chi connectivity index (χ4n) is 2.82. The van der Waals surface area contributed by atoms with Gasteiger partial charge in [-0.25, -0.2) is 0 Å². The Kier molecular flexibility index (Phi) is 4.84. The van der Waals surface area contributed by atoms with Gasteiger partial charge in [0.05, 0.1) is 7.11 Å². The van der Waals surface area contributed by atoms with Crippen LogP contribution in [0.15, 0.2) is 59.4 Å². The van der Waals surface area contributed by atoms with Gasteiger partial charge in [0.15, 0.2) is 0 Å². The Morgan fingerprint density at radius 1 is 1.08 bits per heavy atom. The van der Waals surface area contributed by atoms with Crippen LogP contribution in [0.4, 0.5) is 0 Å². The lowest BCUT2D eigenvalue weighted by molar-refractivity contribution is 0.0952. The van der Waals surface area contributed by atoms with Gasteiger partial charge in [0.25, 0.3) is 11.5 Å². The number of ether oxygens (including phenoxy) is 1. The molecule has 0 spiro atoms. The second-order valence-corrected chi connectivity index (χ2v) is 5.84. The molecule has 0 aliphatic rings. The van der Waals surface area contributed by atoms with Gasteiger partial charge in [-0.1, -0.05) is 30.3 Å². The highest BCUT2D eigenvalue weighted by Crippen LogP contribution is 2.15. The molecule has 1 heterocycles. The summed E-state index contributed by atoms with van der Waals surface area (Å²) in [6, 6.07) is 16.8. The summed E-state index contributed by atoms with van der Waals surface area (Å²) in [5, 5.41) is 4.99. The quantitative estimate of drug-likeness (QED) is 0.779. The molecule has 0 unspecified atom stereocenters. The van der Waals surface area contributed by atoms with Crippen LogP contribution in [0.3, 0.4) is 0 Å². The third kappa shape index (κ3) is 3.71. The molecule has 0 bridgehead atoms. The molecule has 1 amide bonds. The molecule has 3 aromatic rings. The van der Waals surface area contributed by atoms with Gasteiger partial charge in [-0.2, -0.15) is 0 Å². The number of fused-ring (bicyclic) bond motifs is 1. The standard InChI is InChI=1S/C20H20N2O3/c1-14-11-18(25-2)13-19(23)22(14)10-9-21-20(24)17-8-7-15-5-3-4-6-16(15)12-17/h3-8,11-13H,9-10H2,1-2H3,(H,21,24). The van der Waals surface area contributed by atoms with Crippen molar-refractivity contribution < 1.29 is 9.53 Å². The van der Waals surface area contributed by atoms with Crippen LogP contribution in [0.5, 0.6) is 5.75 Å². The second-order valence-electron chi connectivity index (χ2n) is 5.84. The summed E-state index contributed by atoms with van der Waals surface area (Å²) in [6.45, 7) is 2.63. The summed E-state index contributed by atoms with van der Waals surface area (Å²) in [5.41, 5.74) is 1.26. The number of hydrogen-bond donors (Lipinski definition) is 1. The molecule has 2 aromatic carbocycles. The van der Waals surface area contributed by atoms with Crippen LogP contribution in [0.25, 0.3) is 10.8 Å². The van der Waals surface area contributed by atoms with Gasteiger partial charge in [0.1, 0.15) is 5.75 Å². The molecule has 1 aromatic heterocycles. The number of nitrogens with one attached hydrogen (secondary N) is 1. The van der Waals surface area contributed by atoms with Gasteiger partial charge in [0.2, 0.25) is 0 Å². The topological polar surface area (TPSA) is 60.3 Å². The Morgan fingerprint density at radius 3 is 2.56 bits per heavy atom. The van der Waals surface area contributed by atoms with E-state index < -0.39 is 0 Å². The molecule has 0 aliphatic carbocycles. The summed E-state index contributed by atoms with van der Waals surface area (Å²) < 4.78 is 6.70. The fourth-order valence-corrected chi connectivity index (χ4v) is 2.82. The number of pyridine rings is 1. The van der Waals surface area contributed by atoms with Crippen molar-refractivity contribution in [1.29, 1.82) is 0 Å². The van der Waals surface area contributed by atoms with Crippen LogP contribution < -0.4 is 15.6 Å². The lowest BCUT2D eigenvalue weighted by atomic mass is 10.1. The number of carbonyl (C=O) groups is 1. The summed E-state index contributed by atoms with van der Waals surface area (Å²) in [6.07, 6.45) is 0. The fraction of sp³-hybridized carbons (Fsp3) is 0.200. The molecule has 0 radical (unpaired) electrons. The van der Waals surface area contributed by atoms with Crippen LogP contribution in [0.1, 0.15) is 16.1 Å². The first-order valence-electron chi connectivity index (χ1n) is 8.11. The zero-order valence-corrected chi connectivity index (χ0v) is 14.3. The van der Waals surface area contributed by atoms with Gasteiger partial charge in [0, 0.05) is 30.4 Å². The van der Waals surface area contributed by atoms with Crippen LogP contribution >= 0.6 is 0 Å². The highest BCUT2D eigenvalue weighted by molar-refractivity contribution is 5.98. The summed E-state index contributed by atoms with van der Waals surface area (Å²) in [5.74, 6) is 0.393. The maximum atomic E-state index is 12.3. The first-order chi connectivity index (χ1) is 12.1. The van der Waals surface area contributed by atoms with E-state index in [1.165, 1.54) is 13.2 Å². The highest BCUT2D eigenvalue weighted by Gasteiger charge is 2.07. The van der Waals surface area contributed by atoms with Crippen molar-refractivity contribution in [2.45, 2.75) is 13.5 Å². The Morgan fingerprint density at radius 2 is 1.84 bits per heavy atom. The predicted octanol–water partition coefficient (Wildman–Crippen LogP) is 2.75.